The molecule has 0 atom stereocenters. The molecule has 2 heterocycles. The van der Waals surface area contributed by atoms with Crippen molar-refractivity contribution < 1.29 is 14.7 Å². The predicted molar refractivity (Wildman–Crippen MR) is 63.0 cm³/mol. The molecule has 1 aliphatic rings. The van der Waals surface area contributed by atoms with Crippen LogP contribution < -0.4 is 4.90 Å². The number of amides is 1. The number of hydrogen-bond acceptors (Lipinski definition) is 5. The van der Waals surface area contributed by atoms with E-state index in [-0.39, 0.29) is 25.5 Å². The van der Waals surface area contributed by atoms with Gasteiger partial charge in [-0.3, -0.25) is 9.59 Å². The van der Waals surface area contributed by atoms with Crippen LogP contribution in [0.4, 0.5) is 5.95 Å². The standard InChI is InChI=1S/C11H14N4O3/c1-14(11-12-3-2-4-13-11)7-9(16)15-5-8(6-15)10(17)18/h2-4,8H,5-7H2,1H3,(H,17,18). The van der Waals surface area contributed by atoms with Gasteiger partial charge in [0, 0.05) is 32.5 Å². The second-order valence-electron chi connectivity index (χ2n) is 4.24. The van der Waals surface area contributed by atoms with E-state index in [1.165, 1.54) is 4.90 Å². The van der Waals surface area contributed by atoms with Gasteiger partial charge in [-0.2, -0.15) is 0 Å². The Hall–Kier alpha value is -2.18. The predicted octanol–water partition coefficient (Wildman–Crippen LogP) is -0.544. The Bertz CT molecular complexity index is 445. The molecule has 0 bridgehead atoms. The molecule has 0 aromatic carbocycles. The van der Waals surface area contributed by atoms with Gasteiger partial charge in [0.15, 0.2) is 0 Å². The van der Waals surface area contributed by atoms with Crippen molar-refractivity contribution in [2.45, 2.75) is 0 Å². The summed E-state index contributed by atoms with van der Waals surface area (Å²) < 4.78 is 0. The number of anilines is 1. The number of nitrogens with zero attached hydrogens (tertiary/aromatic N) is 4. The van der Waals surface area contributed by atoms with Crippen molar-refractivity contribution in [3.8, 4) is 0 Å². The van der Waals surface area contributed by atoms with E-state index >= 15 is 0 Å². The molecule has 1 aromatic heterocycles. The van der Waals surface area contributed by atoms with Crippen LogP contribution in [0.3, 0.4) is 0 Å². The minimum atomic E-state index is -0.848. The van der Waals surface area contributed by atoms with Gasteiger partial charge in [0.25, 0.3) is 0 Å². The highest BCUT2D eigenvalue weighted by molar-refractivity contribution is 5.84. The summed E-state index contributed by atoms with van der Waals surface area (Å²) in [5.41, 5.74) is 0. The lowest BCUT2D eigenvalue weighted by atomic mass is 10.0. The minimum absolute atomic E-state index is 0.109. The molecular formula is C11H14N4O3. The van der Waals surface area contributed by atoms with E-state index in [0.29, 0.717) is 5.95 Å². The first kappa shape index (κ1) is 12.3. The lowest BCUT2D eigenvalue weighted by Gasteiger charge is -2.37. The molecule has 18 heavy (non-hydrogen) atoms. The fraction of sp³-hybridized carbons (Fsp3) is 0.455. The number of aromatic nitrogens is 2. The lowest BCUT2D eigenvalue weighted by Crippen LogP contribution is -2.55. The summed E-state index contributed by atoms with van der Waals surface area (Å²) in [4.78, 5) is 33.7. The summed E-state index contributed by atoms with van der Waals surface area (Å²) in [6.45, 7) is 0.728. The van der Waals surface area contributed by atoms with Gasteiger partial charge in [-0.05, 0) is 6.07 Å². The number of hydrogen-bond donors (Lipinski definition) is 1. The van der Waals surface area contributed by atoms with Crippen molar-refractivity contribution in [3.05, 3.63) is 18.5 Å². The first-order valence-corrected chi connectivity index (χ1v) is 5.56. The molecule has 0 spiro atoms. The van der Waals surface area contributed by atoms with Crippen molar-refractivity contribution >= 4 is 17.8 Å². The first-order chi connectivity index (χ1) is 8.58. The van der Waals surface area contributed by atoms with Crippen LogP contribution in [0.25, 0.3) is 0 Å². The van der Waals surface area contributed by atoms with E-state index in [1.54, 1.807) is 30.4 Å². The number of likely N-dealkylation sites (tertiary alicyclic amines) is 1. The van der Waals surface area contributed by atoms with Crippen molar-refractivity contribution in [2.24, 2.45) is 5.92 Å². The van der Waals surface area contributed by atoms with E-state index < -0.39 is 11.9 Å². The van der Waals surface area contributed by atoms with E-state index in [1.807, 2.05) is 0 Å². The number of aliphatic carboxylic acids is 1. The summed E-state index contributed by atoms with van der Waals surface area (Å²) in [7, 11) is 1.72. The molecule has 2 rings (SSSR count). The Morgan fingerprint density at radius 1 is 1.44 bits per heavy atom. The Balaban J connectivity index is 1.84. The van der Waals surface area contributed by atoms with E-state index in [0.717, 1.165) is 0 Å². The van der Waals surface area contributed by atoms with E-state index in [2.05, 4.69) is 9.97 Å². The lowest BCUT2D eigenvalue weighted by molar-refractivity contribution is -0.152. The molecular weight excluding hydrogens is 236 g/mol. The third-order valence-electron chi connectivity index (χ3n) is 2.85. The Kier molecular flexibility index (Phi) is 3.40. The average Bonchev–Trinajstić information content (AvgIpc) is 2.27. The summed E-state index contributed by atoms with van der Waals surface area (Å²) in [6.07, 6.45) is 3.21. The summed E-state index contributed by atoms with van der Waals surface area (Å²) >= 11 is 0. The molecule has 7 nitrogen and oxygen atoms in total. The van der Waals surface area contributed by atoms with Crippen LogP contribution in [0.1, 0.15) is 0 Å². The maximum absolute atomic E-state index is 11.8. The number of rotatable bonds is 4. The molecule has 96 valence electrons. The number of carboxylic acid groups (broad SMARTS) is 1. The molecule has 7 heteroatoms. The smallest absolute Gasteiger partial charge is 0.310 e. The van der Waals surface area contributed by atoms with Gasteiger partial charge in [-0.1, -0.05) is 0 Å². The van der Waals surface area contributed by atoms with Crippen LogP contribution in [0.2, 0.25) is 0 Å². The zero-order valence-corrected chi connectivity index (χ0v) is 9.98. The van der Waals surface area contributed by atoms with Crippen LogP contribution in [-0.2, 0) is 9.59 Å². The van der Waals surface area contributed by atoms with Gasteiger partial charge in [0.2, 0.25) is 11.9 Å². The highest BCUT2D eigenvalue weighted by Crippen LogP contribution is 2.16. The molecule has 0 unspecified atom stereocenters. The molecule has 1 amide bonds. The number of carboxylic acids is 1. The Morgan fingerprint density at radius 3 is 2.61 bits per heavy atom. The topological polar surface area (TPSA) is 86.6 Å². The largest absolute Gasteiger partial charge is 0.481 e. The maximum atomic E-state index is 11.8. The van der Waals surface area contributed by atoms with Crippen LogP contribution in [0, 0.1) is 5.92 Å². The molecule has 0 radical (unpaired) electrons. The first-order valence-electron chi connectivity index (χ1n) is 5.56. The Morgan fingerprint density at radius 2 is 2.06 bits per heavy atom. The normalized spacial score (nSPS) is 15.1. The van der Waals surface area contributed by atoms with Gasteiger partial charge in [-0.25, -0.2) is 9.97 Å². The highest BCUT2D eigenvalue weighted by Gasteiger charge is 2.35. The fourth-order valence-corrected chi connectivity index (χ4v) is 1.70. The van der Waals surface area contributed by atoms with Crippen LogP contribution in [-0.4, -0.2) is 58.5 Å². The quantitative estimate of drug-likeness (QED) is 0.772. The molecule has 1 saturated heterocycles. The third-order valence-corrected chi connectivity index (χ3v) is 2.85. The van der Waals surface area contributed by atoms with Gasteiger partial charge in [0.05, 0.1) is 12.5 Å². The number of likely N-dealkylation sites (N-methyl/N-ethyl adjacent to an activating group) is 1. The molecule has 0 saturated carbocycles. The van der Waals surface area contributed by atoms with Gasteiger partial charge >= 0.3 is 5.97 Å². The highest BCUT2D eigenvalue weighted by atomic mass is 16.4. The second-order valence-corrected chi connectivity index (χ2v) is 4.24. The van der Waals surface area contributed by atoms with Gasteiger partial charge in [0.1, 0.15) is 0 Å². The summed E-state index contributed by atoms with van der Waals surface area (Å²) in [5.74, 6) is -0.908. The monoisotopic (exact) mass is 250 g/mol. The average molecular weight is 250 g/mol. The molecule has 0 aliphatic carbocycles. The minimum Gasteiger partial charge on any atom is -0.481 e. The van der Waals surface area contributed by atoms with Crippen molar-refractivity contribution in [1.29, 1.82) is 0 Å². The van der Waals surface area contributed by atoms with E-state index in [9.17, 15) is 9.59 Å². The Labute approximate surface area is 104 Å². The van der Waals surface area contributed by atoms with Gasteiger partial charge in [-0.15, -0.1) is 0 Å². The van der Waals surface area contributed by atoms with E-state index in [4.69, 9.17) is 5.11 Å². The van der Waals surface area contributed by atoms with Crippen LogP contribution in [0.5, 0.6) is 0 Å². The number of carbonyl (C=O) groups excluding carboxylic acids is 1. The van der Waals surface area contributed by atoms with Crippen molar-refractivity contribution in [2.75, 3.05) is 31.6 Å². The SMILES string of the molecule is CN(CC(=O)N1CC(C(=O)O)C1)c1ncccn1. The van der Waals surface area contributed by atoms with Crippen molar-refractivity contribution in [3.63, 3.8) is 0 Å². The third kappa shape index (κ3) is 2.55. The zero-order valence-electron chi connectivity index (χ0n) is 9.98. The number of carbonyl (C=O) groups is 2. The zero-order chi connectivity index (χ0) is 13.1. The maximum Gasteiger partial charge on any atom is 0.310 e. The van der Waals surface area contributed by atoms with Crippen LogP contribution >= 0.6 is 0 Å². The summed E-state index contributed by atoms with van der Waals surface area (Å²) in [5, 5.41) is 8.72. The summed E-state index contributed by atoms with van der Waals surface area (Å²) in [6, 6.07) is 1.70. The molecule has 1 aromatic rings. The molecule has 1 fully saturated rings. The fourth-order valence-electron chi connectivity index (χ4n) is 1.70. The molecule has 1 aliphatic heterocycles. The van der Waals surface area contributed by atoms with Crippen LogP contribution in [0.15, 0.2) is 18.5 Å². The second kappa shape index (κ2) is 4.99. The van der Waals surface area contributed by atoms with Gasteiger partial charge < -0.3 is 14.9 Å². The molecule has 1 N–H and O–H groups in total. The van der Waals surface area contributed by atoms with Crippen molar-refractivity contribution in [1.82, 2.24) is 14.9 Å².